The molecule has 0 bridgehead atoms. The largest absolute Gasteiger partial charge is 0.351 e. The number of rotatable bonds is 6. The molecule has 0 atom stereocenters. The van der Waals surface area contributed by atoms with E-state index < -0.39 is 0 Å². The summed E-state index contributed by atoms with van der Waals surface area (Å²) in [6.45, 7) is 5.46. The molecule has 0 fully saturated rings. The second-order valence-corrected chi connectivity index (χ2v) is 7.09. The molecule has 3 aromatic rings. The number of carbonyl (C=O) groups is 1. The zero-order valence-electron chi connectivity index (χ0n) is 14.0. The van der Waals surface area contributed by atoms with Gasteiger partial charge in [-0.3, -0.25) is 4.79 Å². The lowest BCUT2D eigenvalue weighted by atomic mass is 10.2. The van der Waals surface area contributed by atoms with Gasteiger partial charge in [-0.1, -0.05) is 30.3 Å². The molecule has 2 heterocycles. The number of thiophene rings is 1. The second kappa shape index (κ2) is 7.45. The molecule has 0 spiro atoms. The first-order valence-electron chi connectivity index (χ1n) is 8.03. The van der Waals surface area contributed by atoms with Crippen molar-refractivity contribution in [2.24, 2.45) is 0 Å². The van der Waals surface area contributed by atoms with Crippen molar-refractivity contribution in [1.82, 2.24) is 14.9 Å². The quantitative estimate of drug-likeness (QED) is 0.746. The van der Waals surface area contributed by atoms with Crippen LogP contribution in [0.15, 0.2) is 48.7 Å². The van der Waals surface area contributed by atoms with Crippen molar-refractivity contribution in [3.63, 3.8) is 0 Å². The molecule has 0 saturated heterocycles. The number of hydrogen-bond acceptors (Lipinski definition) is 3. The minimum atomic E-state index is -0.00834. The van der Waals surface area contributed by atoms with Crippen LogP contribution in [-0.2, 0) is 13.0 Å². The second-order valence-electron chi connectivity index (χ2n) is 5.80. The van der Waals surface area contributed by atoms with Crippen LogP contribution < -0.4 is 5.32 Å². The Morgan fingerprint density at radius 1 is 1.17 bits per heavy atom. The Morgan fingerprint density at radius 2 is 1.96 bits per heavy atom. The first-order chi connectivity index (χ1) is 11.6. The molecule has 0 radical (unpaired) electrons. The van der Waals surface area contributed by atoms with Crippen molar-refractivity contribution in [3.05, 3.63) is 75.5 Å². The molecule has 124 valence electrons. The Balaban J connectivity index is 1.60. The average Bonchev–Trinajstić information content (AvgIpc) is 3.16. The van der Waals surface area contributed by atoms with Crippen molar-refractivity contribution in [1.29, 1.82) is 0 Å². The molecule has 4 nitrogen and oxygen atoms in total. The lowest BCUT2D eigenvalue weighted by Gasteiger charge is -2.11. The van der Waals surface area contributed by atoms with E-state index in [0.717, 1.165) is 34.2 Å². The molecule has 0 aliphatic rings. The Labute approximate surface area is 146 Å². The van der Waals surface area contributed by atoms with Crippen molar-refractivity contribution in [2.45, 2.75) is 26.8 Å². The van der Waals surface area contributed by atoms with Crippen LogP contribution in [0.25, 0.3) is 0 Å². The highest BCUT2D eigenvalue weighted by atomic mass is 32.1. The molecule has 1 amide bonds. The fourth-order valence-electron chi connectivity index (χ4n) is 2.62. The highest BCUT2D eigenvalue weighted by Crippen LogP contribution is 2.14. The number of nitrogens with zero attached hydrogens (tertiary/aromatic N) is 2. The normalized spacial score (nSPS) is 10.8. The Hall–Kier alpha value is -2.40. The van der Waals surface area contributed by atoms with Crippen molar-refractivity contribution in [2.75, 3.05) is 6.54 Å². The number of amides is 1. The van der Waals surface area contributed by atoms with Gasteiger partial charge in [-0.05, 0) is 31.5 Å². The van der Waals surface area contributed by atoms with Gasteiger partial charge in [0.1, 0.15) is 5.82 Å². The summed E-state index contributed by atoms with van der Waals surface area (Å²) in [4.78, 5) is 18.5. The number of hydrogen-bond donors (Lipinski definition) is 1. The monoisotopic (exact) mass is 339 g/mol. The minimum Gasteiger partial charge on any atom is -0.351 e. The average molecular weight is 339 g/mol. The van der Waals surface area contributed by atoms with Crippen LogP contribution in [0.5, 0.6) is 0 Å². The van der Waals surface area contributed by atoms with E-state index in [2.05, 4.69) is 33.9 Å². The van der Waals surface area contributed by atoms with E-state index in [1.807, 2.05) is 43.5 Å². The molecule has 1 N–H and O–H groups in total. The van der Waals surface area contributed by atoms with E-state index in [9.17, 15) is 4.79 Å². The number of benzene rings is 1. The minimum absolute atomic E-state index is 0.00834. The summed E-state index contributed by atoms with van der Waals surface area (Å²) in [5.74, 6) is 0.991. The van der Waals surface area contributed by atoms with Crippen LogP contribution in [0.3, 0.4) is 0 Å². The Bertz CT molecular complexity index is 820. The van der Waals surface area contributed by atoms with Gasteiger partial charge in [-0.15, -0.1) is 11.3 Å². The van der Waals surface area contributed by atoms with E-state index in [0.29, 0.717) is 6.54 Å². The first-order valence-corrected chi connectivity index (χ1v) is 8.84. The molecule has 0 aliphatic heterocycles. The fraction of sp³-hybridized carbons (Fsp3) is 0.263. The summed E-state index contributed by atoms with van der Waals surface area (Å²) in [5.41, 5.74) is 2.38. The molecule has 0 unspecified atom stereocenters. The van der Waals surface area contributed by atoms with E-state index in [4.69, 9.17) is 0 Å². The van der Waals surface area contributed by atoms with Crippen LogP contribution in [-0.4, -0.2) is 22.0 Å². The summed E-state index contributed by atoms with van der Waals surface area (Å²) < 4.78 is 2.21. The van der Waals surface area contributed by atoms with Gasteiger partial charge >= 0.3 is 0 Å². The molecular formula is C19H21N3OS. The fourth-order valence-corrected chi connectivity index (χ4v) is 3.41. The summed E-state index contributed by atoms with van der Waals surface area (Å²) in [6, 6.07) is 14.2. The van der Waals surface area contributed by atoms with Crippen LogP contribution in [0.2, 0.25) is 0 Å². The maximum atomic E-state index is 12.1. The standard InChI is InChI=1S/C19H21N3OS/c1-14-12-21-18(22(14)13-16-6-4-3-5-7-16)10-11-20-19(23)17-9-8-15(2)24-17/h3-9,12H,10-11,13H2,1-2H3,(H,20,23). The molecule has 0 aliphatic carbocycles. The zero-order chi connectivity index (χ0) is 16.9. The summed E-state index contributed by atoms with van der Waals surface area (Å²) in [7, 11) is 0. The third kappa shape index (κ3) is 3.92. The van der Waals surface area contributed by atoms with Crippen LogP contribution >= 0.6 is 11.3 Å². The number of imidazole rings is 1. The predicted octanol–water partition coefficient (Wildman–Crippen LogP) is 3.58. The summed E-state index contributed by atoms with van der Waals surface area (Å²) in [6.07, 6.45) is 2.61. The van der Waals surface area contributed by atoms with Gasteiger partial charge in [0, 0.05) is 36.3 Å². The van der Waals surface area contributed by atoms with Gasteiger partial charge < -0.3 is 9.88 Å². The van der Waals surface area contributed by atoms with E-state index >= 15 is 0 Å². The zero-order valence-corrected chi connectivity index (χ0v) is 14.8. The van der Waals surface area contributed by atoms with Gasteiger partial charge in [0.05, 0.1) is 4.88 Å². The molecule has 2 aromatic heterocycles. The lowest BCUT2D eigenvalue weighted by Crippen LogP contribution is -2.25. The van der Waals surface area contributed by atoms with Gasteiger partial charge in [0.15, 0.2) is 0 Å². The van der Waals surface area contributed by atoms with Crippen molar-refractivity contribution < 1.29 is 4.79 Å². The third-order valence-electron chi connectivity index (χ3n) is 3.92. The van der Waals surface area contributed by atoms with E-state index in [1.165, 1.54) is 16.9 Å². The molecular weight excluding hydrogens is 318 g/mol. The van der Waals surface area contributed by atoms with Gasteiger partial charge in [0.25, 0.3) is 5.91 Å². The molecule has 5 heteroatoms. The van der Waals surface area contributed by atoms with Crippen LogP contribution in [0.4, 0.5) is 0 Å². The smallest absolute Gasteiger partial charge is 0.261 e. The highest BCUT2D eigenvalue weighted by molar-refractivity contribution is 7.13. The number of carbonyl (C=O) groups excluding carboxylic acids is 1. The summed E-state index contributed by atoms with van der Waals surface area (Å²) >= 11 is 1.52. The molecule has 1 aromatic carbocycles. The predicted molar refractivity (Wildman–Crippen MR) is 97.6 cm³/mol. The first kappa shape index (κ1) is 16.5. The van der Waals surface area contributed by atoms with Gasteiger partial charge in [-0.25, -0.2) is 4.98 Å². The SMILES string of the molecule is Cc1ccc(C(=O)NCCc2ncc(C)n2Cc2ccccc2)s1. The molecule has 0 saturated carbocycles. The lowest BCUT2D eigenvalue weighted by molar-refractivity contribution is 0.0958. The van der Waals surface area contributed by atoms with Gasteiger partial charge in [-0.2, -0.15) is 0 Å². The highest BCUT2D eigenvalue weighted by Gasteiger charge is 2.10. The maximum absolute atomic E-state index is 12.1. The van der Waals surface area contributed by atoms with Crippen LogP contribution in [0.1, 0.15) is 31.6 Å². The summed E-state index contributed by atoms with van der Waals surface area (Å²) in [5, 5.41) is 2.98. The van der Waals surface area contributed by atoms with E-state index in [-0.39, 0.29) is 5.91 Å². The molecule has 3 rings (SSSR count). The van der Waals surface area contributed by atoms with Crippen molar-refractivity contribution in [3.8, 4) is 0 Å². The Kier molecular flexibility index (Phi) is 5.11. The van der Waals surface area contributed by atoms with Gasteiger partial charge in [0.2, 0.25) is 0 Å². The topological polar surface area (TPSA) is 46.9 Å². The number of nitrogens with one attached hydrogen (secondary N) is 1. The van der Waals surface area contributed by atoms with Crippen molar-refractivity contribution >= 4 is 17.2 Å². The number of aryl methyl sites for hydroxylation is 2. The van der Waals surface area contributed by atoms with E-state index in [1.54, 1.807) is 0 Å². The maximum Gasteiger partial charge on any atom is 0.261 e. The number of aromatic nitrogens is 2. The Morgan fingerprint density at radius 3 is 2.67 bits per heavy atom. The third-order valence-corrected chi connectivity index (χ3v) is 4.92. The molecule has 24 heavy (non-hydrogen) atoms. The van der Waals surface area contributed by atoms with Crippen LogP contribution in [0, 0.1) is 13.8 Å².